The van der Waals surface area contributed by atoms with Crippen molar-refractivity contribution >= 4 is 12.0 Å². The molecule has 0 spiro atoms. The van der Waals surface area contributed by atoms with Crippen LogP contribution < -0.4 is 5.32 Å². The molecule has 1 fully saturated rings. The van der Waals surface area contributed by atoms with Gasteiger partial charge in [-0.1, -0.05) is 6.92 Å². The first-order valence-electron chi connectivity index (χ1n) is 7.08. The first kappa shape index (κ1) is 15.3. The maximum absolute atomic E-state index is 12.1. The van der Waals surface area contributed by atoms with Gasteiger partial charge in [0.15, 0.2) is 0 Å². The number of carbonyl (C=O) groups is 2. The number of carbonyl (C=O) groups excluding carboxylic acids is 1. The number of H-pyrrole nitrogens is 1. The molecule has 0 aromatic carbocycles. The summed E-state index contributed by atoms with van der Waals surface area (Å²) in [6, 6.07) is -1.28. The Kier molecular flexibility index (Phi) is 5.15. The van der Waals surface area contributed by atoms with Crippen LogP contribution in [-0.4, -0.2) is 75.6 Å². The number of hydrogen-bond acceptors (Lipinski definition) is 4. The van der Waals surface area contributed by atoms with Crippen LogP contribution in [0.3, 0.4) is 0 Å². The second-order valence-electron chi connectivity index (χ2n) is 5.04. The van der Waals surface area contributed by atoms with E-state index in [0.717, 1.165) is 19.6 Å². The zero-order valence-corrected chi connectivity index (χ0v) is 12.1. The zero-order valence-electron chi connectivity index (χ0n) is 12.1. The van der Waals surface area contributed by atoms with Gasteiger partial charge in [0.1, 0.15) is 6.04 Å². The predicted octanol–water partition coefficient (Wildman–Crippen LogP) is -0.247. The van der Waals surface area contributed by atoms with Gasteiger partial charge in [-0.3, -0.25) is 0 Å². The predicted molar refractivity (Wildman–Crippen MR) is 75.9 cm³/mol. The second-order valence-corrected chi connectivity index (χ2v) is 5.04. The fourth-order valence-electron chi connectivity index (χ4n) is 2.32. The summed E-state index contributed by atoms with van der Waals surface area (Å²) in [6.45, 7) is 5.93. The van der Waals surface area contributed by atoms with E-state index in [9.17, 15) is 14.7 Å². The third-order valence-corrected chi connectivity index (χ3v) is 3.68. The van der Waals surface area contributed by atoms with E-state index >= 15 is 0 Å². The molecule has 1 aliphatic rings. The maximum atomic E-state index is 12.1. The highest BCUT2D eigenvalue weighted by Gasteiger charge is 2.26. The number of aromatic nitrogens is 2. The Morgan fingerprint density at radius 2 is 2.14 bits per heavy atom. The standard InChI is InChI=1S/C13H21N5O3/c1-2-17-3-5-18(6-4-17)13(21)16-11(12(19)20)7-10-8-14-9-15-10/h8-9,11H,2-7H2,1H3,(H,14,15)(H,16,21)(H,19,20)/t11-/m1/s1. The van der Waals surface area contributed by atoms with E-state index in [1.54, 1.807) is 11.1 Å². The van der Waals surface area contributed by atoms with Gasteiger partial charge in [-0.05, 0) is 6.54 Å². The van der Waals surface area contributed by atoms with Crippen molar-refractivity contribution in [1.29, 1.82) is 0 Å². The van der Waals surface area contributed by atoms with Crippen molar-refractivity contribution in [3.05, 3.63) is 18.2 Å². The molecule has 0 unspecified atom stereocenters. The Labute approximate surface area is 123 Å². The normalized spacial score (nSPS) is 17.5. The number of aromatic amines is 1. The summed E-state index contributed by atoms with van der Waals surface area (Å²) in [7, 11) is 0. The molecule has 2 heterocycles. The molecule has 21 heavy (non-hydrogen) atoms. The van der Waals surface area contributed by atoms with Gasteiger partial charge in [0.25, 0.3) is 0 Å². The highest BCUT2D eigenvalue weighted by Crippen LogP contribution is 2.04. The van der Waals surface area contributed by atoms with Crippen molar-refractivity contribution in [3.8, 4) is 0 Å². The number of imidazole rings is 1. The summed E-state index contributed by atoms with van der Waals surface area (Å²) < 4.78 is 0. The van der Waals surface area contributed by atoms with Crippen molar-refractivity contribution in [2.24, 2.45) is 0 Å². The van der Waals surface area contributed by atoms with Crippen LogP contribution in [-0.2, 0) is 11.2 Å². The summed E-state index contributed by atoms with van der Waals surface area (Å²) in [4.78, 5) is 34.0. The highest BCUT2D eigenvalue weighted by atomic mass is 16.4. The van der Waals surface area contributed by atoms with E-state index in [0.29, 0.717) is 18.8 Å². The molecule has 8 nitrogen and oxygen atoms in total. The highest BCUT2D eigenvalue weighted by molar-refractivity contribution is 5.82. The molecular formula is C13H21N5O3. The van der Waals surface area contributed by atoms with Crippen LogP contribution in [0, 0.1) is 0 Å². The molecule has 1 aromatic heterocycles. The number of piperazine rings is 1. The molecule has 1 atom stereocenters. The van der Waals surface area contributed by atoms with Gasteiger partial charge in [-0.25, -0.2) is 14.6 Å². The largest absolute Gasteiger partial charge is 0.480 e. The molecule has 1 saturated heterocycles. The third kappa shape index (κ3) is 4.19. The first-order valence-corrected chi connectivity index (χ1v) is 7.08. The lowest BCUT2D eigenvalue weighted by molar-refractivity contribution is -0.139. The van der Waals surface area contributed by atoms with E-state index in [1.165, 1.54) is 6.33 Å². The number of urea groups is 1. The molecule has 1 aliphatic heterocycles. The Morgan fingerprint density at radius 1 is 1.43 bits per heavy atom. The fraction of sp³-hybridized carbons (Fsp3) is 0.615. The molecule has 2 rings (SSSR count). The van der Waals surface area contributed by atoms with Crippen LogP contribution in [0.25, 0.3) is 0 Å². The lowest BCUT2D eigenvalue weighted by atomic mass is 10.1. The molecule has 3 N–H and O–H groups in total. The lowest BCUT2D eigenvalue weighted by Gasteiger charge is -2.34. The van der Waals surface area contributed by atoms with E-state index in [1.807, 2.05) is 0 Å². The summed E-state index contributed by atoms with van der Waals surface area (Å²) in [5.74, 6) is -1.05. The van der Waals surface area contributed by atoms with Gasteiger partial charge >= 0.3 is 12.0 Å². The minimum absolute atomic E-state index is 0.190. The van der Waals surface area contributed by atoms with Gasteiger partial charge in [0.2, 0.25) is 0 Å². The van der Waals surface area contributed by atoms with Crippen LogP contribution >= 0.6 is 0 Å². The summed E-state index contributed by atoms with van der Waals surface area (Å²) >= 11 is 0. The first-order chi connectivity index (χ1) is 10.1. The molecule has 0 aliphatic carbocycles. The van der Waals surface area contributed by atoms with Crippen molar-refractivity contribution in [1.82, 2.24) is 25.1 Å². The number of carboxylic acids is 1. The quantitative estimate of drug-likeness (QED) is 0.695. The Morgan fingerprint density at radius 3 is 2.67 bits per heavy atom. The van der Waals surface area contributed by atoms with Gasteiger partial charge < -0.3 is 25.2 Å². The van der Waals surface area contributed by atoms with E-state index in [2.05, 4.69) is 27.1 Å². The second kappa shape index (κ2) is 7.07. The van der Waals surface area contributed by atoms with Crippen molar-refractivity contribution in [2.75, 3.05) is 32.7 Å². The summed E-state index contributed by atoms with van der Waals surface area (Å²) in [5.41, 5.74) is 0.679. The average Bonchev–Trinajstić information content (AvgIpc) is 2.99. The minimum atomic E-state index is -1.05. The van der Waals surface area contributed by atoms with Gasteiger partial charge in [0, 0.05) is 44.5 Å². The van der Waals surface area contributed by atoms with E-state index < -0.39 is 12.0 Å². The van der Waals surface area contributed by atoms with Crippen LogP contribution in [0.4, 0.5) is 4.79 Å². The average molecular weight is 295 g/mol. The van der Waals surface area contributed by atoms with E-state index in [-0.39, 0.29) is 12.5 Å². The number of hydrogen-bond donors (Lipinski definition) is 3. The molecule has 1 aromatic rings. The number of likely N-dealkylation sites (N-methyl/N-ethyl adjacent to an activating group) is 1. The Hall–Kier alpha value is -2.09. The zero-order chi connectivity index (χ0) is 15.2. The van der Waals surface area contributed by atoms with Crippen LogP contribution in [0.2, 0.25) is 0 Å². The Bertz CT molecular complexity index is 468. The molecule has 0 bridgehead atoms. The van der Waals surface area contributed by atoms with Crippen LogP contribution in [0.1, 0.15) is 12.6 Å². The number of rotatable bonds is 5. The summed E-state index contributed by atoms with van der Waals surface area (Å²) in [6.07, 6.45) is 3.23. The number of nitrogens with one attached hydrogen (secondary N) is 2. The molecular weight excluding hydrogens is 274 g/mol. The van der Waals surface area contributed by atoms with Gasteiger partial charge in [0.05, 0.1) is 6.33 Å². The fourth-order valence-corrected chi connectivity index (χ4v) is 2.32. The minimum Gasteiger partial charge on any atom is -0.480 e. The Balaban J connectivity index is 1.88. The number of aliphatic carboxylic acids is 1. The van der Waals surface area contributed by atoms with Crippen molar-refractivity contribution in [3.63, 3.8) is 0 Å². The number of amides is 2. The van der Waals surface area contributed by atoms with Crippen LogP contribution in [0.5, 0.6) is 0 Å². The smallest absolute Gasteiger partial charge is 0.326 e. The monoisotopic (exact) mass is 295 g/mol. The topological polar surface area (TPSA) is 102 Å². The molecule has 8 heteroatoms. The van der Waals surface area contributed by atoms with E-state index in [4.69, 9.17) is 0 Å². The molecule has 0 radical (unpaired) electrons. The lowest BCUT2D eigenvalue weighted by Crippen LogP contribution is -2.54. The molecule has 116 valence electrons. The van der Waals surface area contributed by atoms with Crippen molar-refractivity contribution < 1.29 is 14.7 Å². The maximum Gasteiger partial charge on any atom is 0.326 e. The SMILES string of the molecule is CCN1CCN(C(=O)N[C@H](Cc2cnc[nH]2)C(=O)O)CC1. The number of carboxylic acid groups (broad SMARTS) is 1. The molecule has 0 saturated carbocycles. The van der Waals surface area contributed by atoms with Gasteiger partial charge in [-0.2, -0.15) is 0 Å². The third-order valence-electron chi connectivity index (χ3n) is 3.68. The molecule has 2 amide bonds. The van der Waals surface area contributed by atoms with Crippen LogP contribution in [0.15, 0.2) is 12.5 Å². The van der Waals surface area contributed by atoms with Crippen molar-refractivity contribution in [2.45, 2.75) is 19.4 Å². The summed E-state index contributed by atoms with van der Waals surface area (Å²) in [5, 5.41) is 11.8. The number of nitrogens with zero attached hydrogens (tertiary/aromatic N) is 3. The van der Waals surface area contributed by atoms with Gasteiger partial charge in [-0.15, -0.1) is 0 Å².